The summed E-state index contributed by atoms with van der Waals surface area (Å²) in [7, 11) is 0. The topological polar surface area (TPSA) is 79.3 Å². The minimum atomic E-state index is -1.02. The van der Waals surface area contributed by atoms with E-state index in [4.69, 9.17) is 5.11 Å². The summed E-state index contributed by atoms with van der Waals surface area (Å²) in [5.74, 6) is -0.304. The normalized spacial score (nSPS) is 14.4. The van der Waals surface area contributed by atoms with Crippen LogP contribution in [0.1, 0.15) is 35.3 Å². The van der Waals surface area contributed by atoms with E-state index in [0.29, 0.717) is 23.9 Å². The minimum Gasteiger partial charge on any atom is -0.478 e. The standard InChI is InChI=1S/C12H14N2O3/c1-7-4-9(12(16)17)6-10(13-7)14-11(15)5-8-2-3-8/h4,6,8H,2-3,5H2,1H3,(H,16,17)(H,13,14,15). The number of carbonyl (C=O) groups is 2. The molecule has 17 heavy (non-hydrogen) atoms. The molecule has 1 heterocycles. The lowest BCUT2D eigenvalue weighted by Gasteiger charge is -2.06. The van der Waals surface area contributed by atoms with E-state index in [2.05, 4.69) is 10.3 Å². The van der Waals surface area contributed by atoms with Crippen LogP contribution in [0.5, 0.6) is 0 Å². The maximum Gasteiger partial charge on any atom is 0.335 e. The number of nitrogens with one attached hydrogen (secondary N) is 1. The van der Waals surface area contributed by atoms with E-state index in [1.54, 1.807) is 6.92 Å². The van der Waals surface area contributed by atoms with Crippen LogP contribution < -0.4 is 5.32 Å². The molecule has 1 aliphatic carbocycles. The van der Waals surface area contributed by atoms with E-state index >= 15 is 0 Å². The molecule has 1 aromatic heterocycles. The van der Waals surface area contributed by atoms with Crippen LogP contribution in [0.2, 0.25) is 0 Å². The molecule has 1 aliphatic rings. The van der Waals surface area contributed by atoms with Gasteiger partial charge in [0.1, 0.15) is 5.82 Å². The summed E-state index contributed by atoms with van der Waals surface area (Å²) in [5, 5.41) is 11.5. The first-order valence-corrected chi connectivity index (χ1v) is 5.56. The van der Waals surface area contributed by atoms with Gasteiger partial charge in [-0.3, -0.25) is 4.79 Å². The summed E-state index contributed by atoms with van der Waals surface area (Å²) < 4.78 is 0. The SMILES string of the molecule is Cc1cc(C(=O)O)cc(NC(=O)CC2CC2)n1. The molecule has 0 aliphatic heterocycles. The second-order valence-electron chi connectivity index (χ2n) is 4.38. The van der Waals surface area contributed by atoms with Crippen molar-refractivity contribution in [2.75, 3.05) is 5.32 Å². The lowest BCUT2D eigenvalue weighted by Crippen LogP contribution is -2.14. The Labute approximate surface area is 98.9 Å². The number of hydrogen-bond acceptors (Lipinski definition) is 3. The highest BCUT2D eigenvalue weighted by Gasteiger charge is 2.24. The summed E-state index contributed by atoms with van der Waals surface area (Å²) in [6, 6.07) is 2.85. The number of aromatic carboxylic acids is 1. The fraction of sp³-hybridized carbons (Fsp3) is 0.417. The molecular formula is C12H14N2O3. The summed E-state index contributed by atoms with van der Waals surface area (Å²) in [4.78, 5) is 26.5. The third-order valence-electron chi connectivity index (χ3n) is 2.64. The Morgan fingerprint density at radius 1 is 1.47 bits per heavy atom. The van der Waals surface area contributed by atoms with Crippen molar-refractivity contribution in [3.05, 3.63) is 23.4 Å². The number of aromatic nitrogens is 1. The summed E-state index contributed by atoms with van der Waals surface area (Å²) >= 11 is 0. The number of nitrogens with zero attached hydrogens (tertiary/aromatic N) is 1. The number of aryl methyl sites for hydroxylation is 1. The lowest BCUT2D eigenvalue weighted by molar-refractivity contribution is -0.116. The van der Waals surface area contributed by atoms with Crippen LogP contribution >= 0.6 is 0 Å². The van der Waals surface area contributed by atoms with Crippen LogP contribution in [0.25, 0.3) is 0 Å². The quantitative estimate of drug-likeness (QED) is 0.832. The molecule has 90 valence electrons. The highest BCUT2D eigenvalue weighted by atomic mass is 16.4. The second-order valence-corrected chi connectivity index (χ2v) is 4.38. The highest BCUT2D eigenvalue weighted by Crippen LogP contribution is 2.32. The molecule has 0 unspecified atom stereocenters. The van der Waals surface area contributed by atoms with Gasteiger partial charge in [-0.1, -0.05) is 0 Å². The van der Waals surface area contributed by atoms with Gasteiger partial charge in [-0.2, -0.15) is 0 Å². The molecule has 5 nitrogen and oxygen atoms in total. The van der Waals surface area contributed by atoms with Gasteiger partial charge in [0.2, 0.25) is 5.91 Å². The molecule has 1 saturated carbocycles. The Kier molecular flexibility index (Phi) is 3.08. The molecule has 0 bridgehead atoms. The van der Waals surface area contributed by atoms with E-state index in [9.17, 15) is 9.59 Å². The lowest BCUT2D eigenvalue weighted by atomic mass is 10.2. The number of hydrogen-bond donors (Lipinski definition) is 2. The van der Waals surface area contributed by atoms with Gasteiger partial charge in [-0.25, -0.2) is 9.78 Å². The maximum absolute atomic E-state index is 11.6. The minimum absolute atomic E-state index is 0.0954. The molecule has 2 N–H and O–H groups in total. The number of rotatable bonds is 4. The average molecular weight is 234 g/mol. The molecule has 0 aromatic carbocycles. The van der Waals surface area contributed by atoms with Gasteiger partial charge < -0.3 is 10.4 Å². The number of anilines is 1. The molecule has 1 aromatic rings. The first-order valence-electron chi connectivity index (χ1n) is 5.56. The number of carboxylic acids is 1. The van der Waals surface area contributed by atoms with Crippen molar-refractivity contribution in [2.24, 2.45) is 5.92 Å². The van der Waals surface area contributed by atoms with Crippen molar-refractivity contribution in [1.29, 1.82) is 0 Å². The third kappa shape index (κ3) is 3.27. The Bertz CT molecular complexity index is 467. The van der Waals surface area contributed by atoms with Crippen LogP contribution in [-0.2, 0) is 4.79 Å². The first kappa shape index (κ1) is 11.6. The fourth-order valence-corrected chi connectivity index (χ4v) is 1.63. The zero-order chi connectivity index (χ0) is 12.4. The van der Waals surface area contributed by atoms with Crippen molar-refractivity contribution in [3.63, 3.8) is 0 Å². The Hall–Kier alpha value is -1.91. The summed E-state index contributed by atoms with van der Waals surface area (Å²) in [6.45, 7) is 1.70. The van der Waals surface area contributed by atoms with Gasteiger partial charge >= 0.3 is 5.97 Å². The maximum atomic E-state index is 11.6. The Morgan fingerprint density at radius 2 is 2.18 bits per heavy atom. The molecule has 1 fully saturated rings. The molecule has 0 saturated heterocycles. The molecule has 2 rings (SSSR count). The number of carbonyl (C=O) groups excluding carboxylic acids is 1. The third-order valence-corrected chi connectivity index (χ3v) is 2.64. The molecule has 5 heteroatoms. The van der Waals surface area contributed by atoms with E-state index in [1.165, 1.54) is 12.1 Å². The Morgan fingerprint density at radius 3 is 2.76 bits per heavy atom. The molecule has 0 spiro atoms. The molecule has 0 atom stereocenters. The van der Waals surface area contributed by atoms with Gasteiger partial charge in [-0.15, -0.1) is 0 Å². The highest BCUT2D eigenvalue weighted by molar-refractivity contribution is 5.93. The van der Waals surface area contributed by atoms with E-state index < -0.39 is 5.97 Å². The van der Waals surface area contributed by atoms with Crippen molar-refractivity contribution in [3.8, 4) is 0 Å². The predicted molar refractivity (Wildman–Crippen MR) is 61.9 cm³/mol. The van der Waals surface area contributed by atoms with E-state index in [1.807, 2.05) is 0 Å². The van der Waals surface area contributed by atoms with Gasteiger partial charge in [0.05, 0.1) is 5.56 Å². The van der Waals surface area contributed by atoms with Crippen LogP contribution in [-0.4, -0.2) is 22.0 Å². The number of pyridine rings is 1. The van der Waals surface area contributed by atoms with Crippen molar-refractivity contribution >= 4 is 17.7 Å². The zero-order valence-electron chi connectivity index (χ0n) is 9.56. The zero-order valence-corrected chi connectivity index (χ0v) is 9.56. The van der Waals surface area contributed by atoms with Gasteiger partial charge in [0, 0.05) is 12.1 Å². The predicted octanol–water partition coefficient (Wildman–Crippen LogP) is 1.83. The summed E-state index contributed by atoms with van der Waals surface area (Å²) in [6.07, 6.45) is 2.71. The second kappa shape index (κ2) is 4.53. The van der Waals surface area contributed by atoms with E-state index in [-0.39, 0.29) is 11.5 Å². The molecule has 1 amide bonds. The number of amides is 1. The van der Waals surface area contributed by atoms with Gasteiger partial charge in [0.15, 0.2) is 0 Å². The largest absolute Gasteiger partial charge is 0.478 e. The monoisotopic (exact) mass is 234 g/mol. The van der Waals surface area contributed by atoms with Crippen LogP contribution in [0.3, 0.4) is 0 Å². The molecular weight excluding hydrogens is 220 g/mol. The Balaban J connectivity index is 2.08. The first-order chi connectivity index (χ1) is 8.04. The van der Waals surface area contributed by atoms with E-state index in [0.717, 1.165) is 12.8 Å². The smallest absolute Gasteiger partial charge is 0.335 e. The molecule has 0 radical (unpaired) electrons. The summed E-state index contributed by atoms with van der Waals surface area (Å²) in [5.41, 5.74) is 0.714. The van der Waals surface area contributed by atoms with Crippen LogP contribution in [0.15, 0.2) is 12.1 Å². The fourth-order valence-electron chi connectivity index (χ4n) is 1.63. The van der Waals surface area contributed by atoms with Crippen LogP contribution in [0.4, 0.5) is 5.82 Å². The van der Waals surface area contributed by atoms with Crippen LogP contribution in [0, 0.1) is 12.8 Å². The average Bonchev–Trinajstić information content (AvgIpc) is 3.00. The van der Waals surface area contributed by atoms with Crippen molar-refractivity contribution in [1.82, 2.24) is 4.98 Å². The van der Waals surface area contributed by atoms with Gasteiger partial charge in [0.25, 0.3) is 0 Å². The van der Waals surface area contributed by atoms with Crippen molar-refractivity contribution < 1.29 is 14.7 Å². The van der Waals surface area contributed by atoms with Gasteiger partial charge in [-0.05, 0) is 37.8 Å². The number of carboxylic acid groups (broad SMARTS) is 1. The van der Waals surface area contributed by atoms with Crippen molar-refractivity contribution in [2.45, 2.75) is 26.2 Å².